The van der Waals surface area contributed by atoms with E-state index in [0.717, 1.165) is 6.07 Å². The Balaban J connectivity index is 2.25. The molecule has 0 radical (unpaired) electrons. The van der Waals surface area contributed by atoms with Crippen LogP contribution in [0.25, 0.3) is 0 Å². The Hall–Kier alpha value is -2.45. The molecule has 0 aliphatic rings. The summed E-state index contributed by atoms with van der Waals surface area (Å²) in [5.41, 5.74) is 0.832. The lowest BCUT2D eigenvalue weighted by Gasteiger charge is -2.15. The van der Waals surface area contributed by atoms with Crippen LogP contribution < -0.4 is 15.2 Å². The quantitative estimate of drug-likeness (QED) is 0.859. The summed E-state index contributed by atoms with van der Waals surface area (Å²) in [4.78, 5) is 12.0. The molecule has 6 nitrogen and oxygen atoms in total. The molecule has 24 heavy (non-hydrogen) atoms. The van der Waals surface area contributed by atoms with Crippen LogP contribution in [0.3, 0.4) is 0 Å². The second-order valence-electron chi connectivity index (χ2n) is 5.16. The number of carbonyl (C=O) groups excluding carboxylic acids is 1. The van der Waals surface area contributed by atoms with Gasteiger partial charge in [-0.1, -0.05) is 12.1 Å². The van der Waals surface area contributed by atoms with Crippen molar-refractivity contribution in [3.8, 4) is 5.75 Å². The zero-order chi connectivity index (χ0) is 17.9. The summed E-state index contributed by atoms with van der Waals surface area (Å²) in [7, 11) is -2.73. The summed E-state index contributed by atoms with van der Waals surface area (Å²) in [6.07, 6.45) is 0. The van der Waals surface area contributed by atoms with Gasteiger partial charge in [0.25, 0.3) is 5.91 Å². The first-order valence-electron chi connectivity index (χ1n) is 6.99. The molecule has 1 amide bonds. The van der Waals surface area contributed by atoms with Crippen molar-refractivity contribution in [2.45, 2.75) is 17.9 Å². The molecule has 3 N–H and O–H groups in total. The maximum absolute atomic E-state index is 12.9. The minimum Gasteiger partial charge on any atom is -0.495 e. The molecule has 0 fully saturated rings. The van der Waals surface area contributed by atoms with E-state index in [1.165, 1.54) is 31.4 Å². The van der Waals surface area contributed by atoms with Gasteiger partial charge in [0.2, 0.25) is 10.0 Å². The Kier molecular flexibility index (Phi) is 5.20. The highest BCUT2D eigenvalue weighted by molar-refractivity contribution is 7.89. The van der Waals surface area contributed by atoms with Gasteiger partial charge in [-0.05, 0) is 42.8 Å². The number of carbonyl (C=O) groups is 1. The summed E-state index contributed by atoms with van der Waals surface area (Å²) >= 11 is 0. The Morgan fingerprint density at radius 3 is 2.38 bits per heavy atom. The predicted molar refractivity (Wildman–Crippen MR) is 86.6 cm³/mol. The van der Waals surface area contributed by atoms with Crippen molar-refractivity contribution < 1.29 is 22.3 Å². The second kappa shape index (κ2) is 6.98. The molecule has 0 heterocycles. The van der Waals surface area contributed by atoms with Gasteiger partial charge >= 0.3 is 0 Å². The van der Waals surface area contributed by atoms with Crippen LogP contribution in [-0.4, -0.2) is 21.4 Å². The molecule has 0 aliphatic heterocycles. The van der Waals surface area contributed by atoms with Crippen LogP contribution in [0, 0.1) is 5.82 Å². The zero-order valence-electron chi connectivity index (χ0n) is 13.1. The molecule has 0 spiro atoms. The highest BCUT2D eigenvalue weighted by atomic mass is 32.2. The summed E-state index contributed by atoms with van der Waals surface area (Å²) in [5, 5.41) is 7.84. The average Bonchev–Trinajstić information content (AvgIpc) is 2.53. The summed E-state index contributed by atoms with van der Waals surface area (Å²) in [5.74, 6) is -0.801. The lowest BCUT2D eigenvalue weighted by Crippen LogP contribution is -2.27. The number of sulfonamides is 1. The van der Waals surface area contributed by atoms with Crippen molar-refractivity contribution in [3.05, 3.63) is 59.4 Å². The fourth-order valence-electron chi connectivity index (χ4n) is 2.16. The van der Waals surface area contributed by atoms with E-state index in [1.54, 1.807) is 19.1 Å². The number of amides is 1. The van der Waals surface area contributed by atoms with Gasteiger partial charge in [-0.15, -0.1) is 0 Å². The number of halogens is 1. The Morgan fingerprint density at radius 2 is 1.83 bits per heavy atom. The van der Waals surface area contributed by atoms with Gasteiger partial charge in [0.1, 0.15) is 16.5 Å². The molecule has 0 aromatic heterocycles. The Morgan fingerprint density at radius 1 is 1.21 bits per heavy atom. The number of hydrogen-bond acceptors (Lipinski definition) is 4. The number of hydrogen-bond donors (Lipinski definition) is 2. The van der Waals surface area contributed by atoms with E-state index in [-0.39, 0.29) is 22.0 Å². The molecule has 1 atom stereocenters. The molecule has 0 bridgehead atoms. The Labute approximate surface area is 139 Å². The van der Waals surface area contributed by atoms with Crippen LogP contribution in [0.2, 0.25) is 0 Å². The largest absolute Gasteiger partial charge is 0.495 e. The first-order chi connectivity index (χ1) is 11.2. The highest BCUT2D eigenvalue weighted by Gasteiger charge is 2.19. The van der Waals surface area contributed by atoms with Crippen molar-refractivity contribution in [1.29, 1.82) is 0 Å². The molecule has 128 valence electrons. The van der Waals surface area contributed by atoms with Crippen molar-refractivity contribution in [3.63, 3.8) is 0 Å². The van der Waals surface area contributed by atoms with Crippen molar-refractivity contribution in [2.75, 3.05) is 7.11 Å². The van der Waals surface area contributed by atoms with Gasteiger partial charge in [-0.3, -0.25) is 4.79 Å². The third-order valence-corrected chi connectivity index (χ3v) is 4.38. The SMILES string of the molecule is COc1ccc(C(=O)N[C@@H](C)c2ccc(F)cc2)cc1S(N)(=O)=O. The average molecular weight is 352 g/mol. The van der Waals surface area contributed by atoms with E-state index < -0.39 is 22.0 Å². The van der Waals surface area contributed by atoms with Crippen LogP contribution in [0.15, 0.2) is 47.4 Å². The lowest BCUT2D eigenvalue weighted by atomic mass is 10.1. The van der Waals surface area contributed by atoms with Crippen LogP contribution in [-0.2, 0) is 10.0 Å². The minimum absolute atomic E-state index is 0.0561. The van der Waals surface area contributed by atoms with Crippen LogP contribution in [0.1, 0.15) is 28.9 Å². The van der Waals surface area contributed by atoms with Crippen LogP contribution in [0.4, 0.5) is 4.39 Å². The zero-order valence-corrected chi connectivity index (χ0v) is 13.9. The van der Waals surface area contributed by atoms with Crippen LogP contribution in [0.5, 0.6) is 5.75 Å². The van der Waals surface area contributed by atoms with Crippen molar-refractivity contribution in [1.82, 2.24) is 5.32 Å². The topological polar surface area (TPSA) is 98.5 Å². The molecule has 0 unspecified atom stereocenters. The number of benzene rings is 2. The fraction of sp³-hybridized carbons (Fsp3) is 0.188. The van der Waals surface area contributed by atoms with Crippen molar-refractivity contribution in [2.24, 2.45) is 5.14 Å². The predicted octanol–water partition coefficient (Wildman–Crippen LogP) is 1.97. The fourth-order valence-corrected chi connectivity index (χ4v) is 2.88. The third kappa shape index (κ3) is 4.09. The number of nitrogens with two attached hydrogens (primary N) is 1. The number of rotatable bonds is 5. The molecular formula is C16H17FN2O4S. The number of primary sulfonamides is 1. The molecule has 0 aliphatic carbocycles. The maximum Gasteiger partial charge on any atom is 0.251 e. The van der Waals surface area contributed by atoms with Crippen LogP contribution >= 0.6 is 0 Å². The molecule has 8 heteroatoms. The normalized spacial score (nSPS) is 12.5. The Bertz CT molecular complexity index is 851. The maximum atomic E-state index is 12.9. The van der Waals surface area contributed by atoms with E-state index in [2.05, 4.69) is 5.32 Å². The summed E-state index contributed by atoms with van der Waals surface area (Å²) in [6, 6.07) is 9.26. The number of ether oxygens (including phenoxy) is 1. The minimum atomic E-state index is -4.03. The molecule has 2 aromatic carbocycles. The van der Waals surface area contributed by atoms with E-state index in [4.69, 9.17) is 9.88 Å². The molecule has 0 saturated heterocycles. The summed E-state index contributed by atoms with van der Waals surface area (Å²) in [6.45, 7) is 1.73. The first kappa shape index (κ1) is 17.9. The lowest BCUT2D eigenvalue weighted by molar-refractivity contribution is 0.0939. The number of methoxy groups -OCH3 is 1. The van der Waals surface area contributed by atoms with Crippen molar-refractivity contribution >= 4 is 15.9 Å². The molecule has 0 saturated carbocycles. The smallest absolute Gasteiger partial charge is 0.251 e. The van der Waals surface area contributed by atoms with Gasteiger partial charge in [-0.2, -0.15) is 0 Å². The van der Waals surface area contributed by atoms with Gasteiger partial charge < -0.3 is 10.1 Å². The first-order valence-corrected chi connectivity index (χ1v) is 8.54. The molecular weight excluding hydrogens is 335 g/mol. The van der Waals surface area contributed by atoms with E-state index >= 15 is 0 Å². The number of nitrogens with one attached hydrogen (secondary N) is 1. The van der Waals surface area contributed by atoms with E-state index in [1.807, 2.05) is 0 Å². The van der Waals surface area contributed by atoms with Gasteiger partial charge in [0, 0.05) is 5.56 Å². The summed E-state index contributed by atoms with van der Waals surface area (Å²) < 4.78 is 41.1. The second-order valence-corrected chi connectivity index (χ2v) is 6.69. The highest BCUT2D eigenvalue weighted by Crippen LogP contribution is 2.24. The van der Waals surface area contributed by atoms with E-state index in [0.29, 0.717) is 5.56 Å². The standard InChI is InChI=1S/C16H17FN2O4S/c1-10(11-3-6-13(17)7-4-11)19-16(20)12-5-8-14(23-2)15(9-12)24(18,21)22/h3-10H,1-2H3,(H,19,20)(H2,18,21,22)/t10-/m0/s1. The van der Waals surface area contributed by atoms with Gasteiger partial charge in [-0.25, -0.2) is 17.9 Å². The van der Waals surface area contributed by atoms with E-state index in [9.17, 15) is 17.6 Å². The van der Waals surface area contributed by atoms with Gasteiger partial charge in [0.15, 0.2) is 0 Å². The molecule has 2 aromatic rings. The van der Waals surface area contributed by atoms with Gasteiger partial charge in [0.05, 0.1) is 13.2 Å². The monoisotopic (exact) mass is 352 g/mol. The molecule has 2 rings (SSSR count). The third-order valence-electron chi connectivity index (χ3n) is 3.45.